The van der Waals surface area contributed by atoms with Crippen LogP contribution in [0.3, 0.4) is 0 Å². The molecule has 11 aromatic rings. The Labute approximate surface area is 354 Å². The SMILES string of the molecule is c1ccc(-c2ccccc2N(c2ccccc2)c2ccc3c(c2)Oc2cccc4c2c-3cc2ccc(N(c3ccccc3)c3ccc5c(ccc6ccccc65)c3)cc24)cc1. The van der Waals surface area contributed by atoms with E-state index in [4.69, 9.17) is 4.74 Å². The van der Waals surface area contributed by atoms with Crippen LogP contribution in [0.15, 0.2) is 231 Å². The second-order valence-corrected chi connectivity index (χ2v) is 15.7. The van der Waals surface area contributed by atoms with Gasteiger partial charge >= 0.3 is 0 Å². The van der Waals surface area contributed by atoms with Crippen LogP contribution in [-0.4, -0.2) is 0 Å². The van der Waals surface area contributed by atoms with E-state index in [2.05, 4.69) is 240 Å². The summed E-state index contributed by atoms with van der Waals surface area (Å²) in [6, 6.07) is 82.8. The van der Waals surface area contributed by atoms with Crippen LogP contribution < -0.4 is 14.5 Å². The molecule has 0 aromatic heterocycles. The van der Waals surface area contributed by atoms with Gasteiger partial charge in [-0.25, -0.2) is 0 Å². The molecule has 1 aliphatic rings. The van der Waals surface area contributed by atoms with E-state index in [0.717, 1.165) is 62.1 Å². The van der Waals surface area contributed by atoms with E-state index in [9.17, 15) is 0 Å². The fourth-order valence-corrected chi connectivity index (χ4v) is 9.38. The predicted molar refractivity (Wildman–Crippen MR) is 257 cm³/mol. The Balaban J connectivity index is 0.988. The number of hydrogen-bond acceptors (Lipinski definition) is 3. The monoisotopic (exact) mass is 778 g/mol. The lowest BCUT2D eigenvalue weighted by molar-refractivity contribution is 0.487. The topological polar surface area (TPSA) is 15.7 Å². The maximum Gasteiger partial charge on any atom is 0.137 e. The molecule has 0 unspecified atom stereocenters. The minimum atomic E-state index is 0.839. The number of benzene rings is 11. The minimum Gasteiger partial charge on any atom is -0.456 e. The summed E-state index contributed by atoms with van der Waals surface area (Å²) in [6.07, 6.45) is 0. The Kier molecular flexibility index (Phi) is 8.17. The average molecular weight is 779 g/mol. The van der Waals surface area contributed by atoms with Crippen LogP contribution >= 0.6 is 0 Å². The zero-order valence-corrected chi connectivity index (χ0v) is 33.2. The Morgan fingerprint density at radius 2 is 0.869 bits per heavy atom. The zero-order chi connectivity index (χ0) is 40.3. The highest BCUT2D eigenvalue weighted by Gasteiger charge is 2.25. The number of anilines is 6. The number of ether oxygens (including phenoxy) is 1. The second kappa shape index (κ2) is 14.3. The summed E-state index contributed by atoms with van der Waals surface area (Å²) in [5, 5.41) is 9.65. The molecule has 1 aliphatic heterocycles. The third kappa shape index (κ3) is 5.90. The molecular formula is C58H38N2O. The Morgan fingerprint density at radius 1 is 0.279 bits per heavy atom. The van der Waals surface area contributed by atoms with Gasteiger partial charge in [0.05, 0.1) is 5.69 Å². The third-order valence-electron chi connectivity index (χ3n) is 12.2. The largest absolute Gasteiger partial charge is 0.456 e. The van der Waals surface area contributed by atoms with Crippen molar-refractivity contribution in [2.24, 2.45) is 0 Å². The molecule has 0 radical (unpaired) electrons. The summed E-state index contributed by atoms with van der Waals surface area (Å²) in [5.41, 5.74) is 11.1. The number of rotatable bonds is 7. The van der Waals surface area contributed by atoms with Gasteiger partial charge in [-0.05, 0) is 128 Å². The second-order valence-electron chi connectivity index (χ2n) is 15.7. The molecule has 3 heteroatoms. The van der Waals surface area contributed by atoms with Gasteiger partial charge in [-0.3, -0.25) is 0 Å². The molecule has 11 aromatic carbocycles. The maximum atomic E-state index is 6.93. The average Bonchev–Trinajstić information content (AvgIpc) is 3.33. The van der Waals surface area contributed by atoms with Crippen molar-refractivity contribution in [3.63, 3.8) is 0 Å². The molecule has 0 aliphatic carbocycles. The summed E-state index contributed by atoms with van der Waals surface area (Å²) < 4.78 is 6.93. The molecule has 0 atom stereocenters. The smallest absolute Gasteiger partial charge is 0.137 e. The van der Waals surface area contributed by atoms with Crippen molar-refractivity contribution in [1.29, 1.82) is 0 Å². The van der Waals surface area contributed by atoms with Gasteiger partial charge in [-0.15, -0.1) is 0 Å². The van der Waals surface area contributed by atoms with Crippen LogP contribution in [-0.2, 0) is 0 Å². The highest BCUT2D eigenvalue weighted by atomic mass is 16.5. The van der Waals surface area contributed by atoms with E-state index >= 15 is 0 Å². The molecule has 0 saturated carbocycles. The molecular weight excluding hydrogens is 741 g/mol. The Hall–Kier alpha value is -8.14. The number of nitrogens with zero attached hydrogens (tertiary/aromatic N) is 2. The molecule has 286 valence electrons. The van der Waals surface area contributed by atoms with Crippen molar-refractivity contribution >= 4 is 77.2 Å². The lowest BCUT2D eigenvalue weighted by atomic mass is 9.90. The maximum absolute atomic E-state index is 6.93. The van der Waals surface area contributed by atoms with Crippen LogP contribution in [0.5, 0.6) is 11.5 Å². The summed E-state index contributed by atoms with van der Waals surface area (Å²) in [5.74, 6) is 1.70. The molecule has 0 spiro atoms. The highest BCUT2D eigenvalue weighted by molar-refractivity contribution is 6.18. The summed E-state index contributed by atoms with van der Waals surface area (Å²) in [4.78, 5) is 4.70. The Bertz CT molecular complexity index is 3450. The normalized spacial score (nSPS) is 11.7. The van der Waals surface area contributed by atoms with E-state index in [-0.39, 0.29) is 0 Å². The molecule has 0 amide bonds. The van der Waals surface area contributed by atoms with E-state index in [0.29, 0.717) is 0 Å². The van der Waals surface area contributed by atoms with Crippen molar-refractivity contribution in [2.45, 2.75) is 0 Å². The van der Waals surface area contributed by atoms with Crippen LogP contribution in [0.25, 0.3) is 65.3 Å². The van der Waals surface area contributed by atoms with Gasteiger partial charge in [0.1, 0.15) is 11.5 Å². The van der Waals surface area contributed by atoms with Gasteiger partial charge < -0.3 is 14.5 Å². The quantitative estimate of drug-likeness (QED) is 0.150. The van der Waals surface area contributed by atoms with Gasteiger partial charge in [0.25, 0.3) is 0 Å². The van der Waals surface area contributed by atoms with Gasteiger partial charge in [0.15, 0.2) is 0 Å². The van der Waals surface area contributed by atoms with Crippen LogP contribution in [0.4, 0.5) is 34.1 Å². The van der Waals surface area contributed by atoms with E-state index in [1.54, 1.807) is 0 Å². The van der Waals surface area contributed by atoms with Crippen LogP contribution in [0, 0.1) is 0 Å². The molecule has 12 rings (SSSR count). The number of para-hydroxylation sites is 3. The van der Waals surface area contributed by atoms with Crippen molar-refractivity contribution in [3.05, 3.63) is 231 Å². The minimum absolute atomic E-state index is 0.839. The lowest BCUT2D eigenvalue weighted by Gasteiger charge is -2.30. The van der Waals surface area contributed by atoms with Crippen molar-refractivity contribution in [2.75, 3.05) is 9.80 Å². The molecule has 0 N–H and O–H groups in total. The fraction of sp³-hybridized carbons (Fsp3) is 0. The van der Waals surface area contributed by atoms with Crippen LogP contribution in [0.1, 0.15) is 0 Å². The molecule has 0 bridgehead atoms. The molecule has 61 heavy (non-hydrogen) atoms. The van der Waals surface area contributed by atoms with E-state index in [1.165, 1.54) is 48.8 Å². The first kappa shape index (κ1) is 34.9. The van der Waals surface area contributed by atoms with E-state index < -0.39 is 0 Å². The lowest BCUT2D eigenvalue weighted by Crippen LogP contribution is -2.11. The highest BCUT2D eigenvalue weighted by Crippen LogP contribution is 2.52. The number of fused-ring (bicyclic) bond motifs is 7. The predicted octanol–water partition coefficient (Wildman–Crippen LogP) is 16.7. The molecule has 3 nitrogen and oxygen atoms in total. The first-order valence-electron chi connectivity index (χ1n) is 20.8. The van der Waals surface area contributed by atoms with Gasteiger partial charge in [0.2, 0.25) is 0 Å². The standard InChI is InChI=1S/C58H38N2O/c1-4-15-39(16-5-1)50-23-12-13-25-55(50)60(44-20-8-3-9-21-44)47-32-34-51-54-36-42-29-30-46(37-53(42)52-24-14-26-56(58(52)54)61-57(51)38-47)59(43-18-6-2-7-19-43)45-31-33-49-41(35-45)28-27-40-17-10-11-22-48(40)49/h1-38H. The van der Waals surface area contributed by atoms with Gasteiger partial charge in [-0.2, -0.15) is 0 Å². The van der Waals surface area contributed by atoms with Gasteiger partial charge in [0, 0.05) is 51.0 Å². The van der Waals surface area contributed by atoms with E-state index in [1.807, 2.05) is 0 Å². The van der Waals surface area contributed by atoms with Crippen molar-refractivity contribution < 1.29 is 4.74 Å². The van der Waals surface area contributed by atoms with Crippen LogP contribution in [0.2, 0.25) is 0 Å². The third-order valence-corrected chi connectivity index (χ3v) is 12.2. The molecule has 1 heterocycles. The number of hydrogen-bond donors (Lipinski definition) is 0. The van der Waals surface area contributed by atoms with Crippen molar-refractivity contribution in [1.82, 2.24) is 0 Å². The molecule has 0 fully saturated rings. The fourth-order valence-electron chi connectivity index (χ4n) is 9.38. The Morgan fingerprint density at radius 3 is 1.70 bits per heavy atom. The molecule has 0 saturated heterocycles. The van der Waals surface area contributed by atoms with Crippen molar-refractivity contribution in [3.8, 4) is 33.8 Å². The van der Waals surface area contributed by atoms with Gasteiger partial charge in [-0.1, -0.05) is 146 Å². The first-order valence-corrected chi connectivity index (χ1v) is 20.8. The summed E-state index contributed by atoms with van der Waals surface area (Å²) in [6.45, 7) is 0. The first-order chi connectivity index (χ1) is 30.2. The zero-order valence-electron chi connectivity index (χ0n) is 33.2. The summed E-state index contributed by atoms with van der Waals surface area (Å²) in [7, 11) is 0. The summed E-state index contributed by atoms with van der Waals surface area (Å²) >= 11 is 0.